The summed E-state index contributed by atoms with van der Waals surface area (Å²) in [5.41, 5.74) is 14.4. The summed E-state index contributed by atoms with van der Waals surface area (Å²) in [5, 5.41) is 0. The van der Waals surface area contributed by atoms with E-state index in [4.69, 9.17) is 0 Å². The molecule has 7 aromatic carbocycles. The fraction of sp³-hybridized carbons (Fsp3) is 0.0870. The lowest BCUT2D eigenvalue weighted by atomic mass is 9.82. The highest BCUT2D eigenvalue weighted by Crippen LogP contribution is 2.44. The van der Waals surface area contributed by atoms with E-state index in [1.165, 1.54) is 50.1 Å². The van der Waals surface area contributed by atoms with Gasteiger partial charge in [-0.2, -0.15) is 0 Å². The summed E-state index contributed by atoms with van der Waals surface area (Å²) in [5.74, 6) is 0. The molecule has 0 unspecified atom stereocenters. The van der Waals surface area contributed by atoms with Gasteiger partial charge in [0.05, 0.1) is 5.69 Å². The molecule has 0 fully saturated rings. The quantitative estimate of drug-likeness (QED) is 0.175. The van der Waals surface area contributed by atoms with Crippen molar-refractivity contribution in [1.82, 2.24) is 0 Å². The lowest BCUT2D eigenvalue weighted by Crippen LogP contribution is -2.13. The van der Waals surface area contributed by atoms with E-state index in [1.807, 2.05) is 0 Å². The van der Waals surface area contributed by atoms with E-state index in [0.717, 1.165) is 17.1 Å². The van der Waals surface area contributed by atoms with Crippen LogP contribution in [0.5, 0.6) is 0 Å². The number of hydrogen-bond acceptors (Lipinski definition) is 1. The number of anilines is 3. The summed E-state index contributed by atoms with van der Waals surface area (Å²) in [7, 11) is 0. The first kappa shape index (κ1) is 30.0. The standard InChI is InChI=1S/C46H39N/c1-46(2,3)44-22-14-13-21-42(44)38-25-30-41(31-26-38)47(40-28-23-36(24-29-40)34-15-7-4-8-16-34)45-32-27-39(35-17-9-5-10-18-35)33-43(45)37-19-11-6-12-20-37/h4-33H,1-3H3. The van der Waals surface area contributed by atoms with Crippen LogP contribution in [0.15, 0.2) is 182 Å². The molecule has 0 saturated heterocycles. The molecule has 0 N–H and O–H groups in total. The van der Waals surface area contributed by atoms with Crippen LogP contribution >= 0.6 is 0 Å². The van der Waals surface area contributed by atoms with E-state index in [0.29, 0.717) is 0 Å². The average Bonchev–Trinajstić information content (AvgIpc) is 3.13. The second-order valence-electron chi connectivity index (χ2n) is 13.1. The first-order chi connectivity index (χ1) is 23.0. The molecule has 0 aliphatic heterocycles. The molecule has 1 heteroatoms. The van der Waals surface area contributed by atoms with Crippen LogP contribution in [0.2, 0.25) is 0 Å². The smallest absolute Gasteiger partial charge is 0.0540 e. The van der Waals surface area contributed by atoms with Gasteiger partial charge >= 0.3 is 0 Å². The number of nitrogens with zero attached hydrogens (tertiary/aromatic N) is 1. The molecule has 0 radical (unpaired) electrons. The van der Waals surface area contributed by atoms with Crippen LogP contribution < -0.4 is 4.90 Å². The molecule has 0 spiro atoms. The van der Waals surface area contributed by atoms with Gasteiger partial charge in [-0.25, -0.2) is 0 Å². The van der Waals surface area contributed by atoms with Gasteiger partial charge in [-0.1, -0.05) is 166 Å². The topological polar surface area (TPSA) is 3.24 Å². The molecule has 228 valence electrons. The van der Waals surface area contributed by atoms with Gasteiger partial charge in [0.25, 0.3) is 0 Å². The van der Waals surface area contributed by atoms with Crippen LogP contribution in [-0.4, -0.2) is 0 Å². The maximum atomic E-state index is 2.39. The van der Waals surface area contributed by atoms with Crippen molar-refractivity contribution >= 4 is 17.1 Å². The van der Waals surface area contributed by atoms with Crippen molar-refractivity contribution < 1.29 is 0 Å². The fourth-order valence-electron chi connectivity index (χ4n) is 6.43. The Morgan fingerprint density at radius 1 is 0.340 bits per heavy atom. The Kier molecular flexibility index (Phi) is 8.29. The molecule has 0 amide bonds. The van der Waals surface area contributed by atoms with Crippen molar-refractivity contribution in [2.45, 2.75) is 26.2 Å². The van der Waals surface area contributed by atoms with Crippen molar-refractivity contribution in [3.8, 4) is 44.5 Å². The Morgan fingerprint density at radius 2 is 0.745 bits per heavy atom. The first-order valence-corrected chi connectivity index (χ1v) is 16.4. The zero-order chi connectivity index (χ0) is 32.2. The third-order valence-corrected chi connectivity index (χ3v) is 8.83. The minimum absolute atomic E-state index is 0.0485. The van der Waals surface area contributed by atoms with Gasteiger partial charge in [-0.3, -0.25) is 0 Å². The SMILES string of the molecule is CC(C)(C)c1ccccc1-c1ccc(N(c2ccc(-c3ccccc3)cc2)c2ccc(-c3ccccc3)cc2-c2ccccc2)cc1. The van der Waals surface area contributed by atoms with Crippen molar-refractivity contribution in [2.24, 2.45) is 0 Å². The molecular weight excluding hydrogens is 567 g/mol. The van der Waals surface area contributed by atoms with Gasteiger partial charge in [0.1, 0.15) is 0 Å². The molecule has 0 atom stereocenters. The normalized spacial score (nSPS) is 11.3. The third kappa shape index (κ3) is 6.39. The molecule has 0 aliphatic carbocycles. The molecule has 1 nitrogen and oxygen atoms in total. The largest absolute Gasteiger partial charge is 0.310 e. The van der Waals surface area contributed by atoms with Gasteiger partial charge in [-0.15, -0.1) is 0 Å². The van der Waals surface area contributed by atoms with Crippen LogP contribution in [0.3, 0.4) is 0 Å². The molecule has 0 aliphatic rings. The summed E-state index contributed by atoms with van der Waals surface area (Å²) < 4.78 is 0. The van der Waals surface area contributed by atoms with Gasteiger partial charge in [0, 0.05) is 16.9 Å². The lowest BCUT2D eigenvalue weighted by Gasteiger charge is -2.29. The third-order valence-electron chi connectivity index (χ3n) is 8.83. The summed E-state index contributed by atoms with van der Waals surface area (Å²) >= 11 is 0. The molecule has 7 rings (SSSR count). The predicted octanol–water partition coefficient (Wildman–Crippen LogP) is 13.1. The van der Waals surface area contributed by atoms with Gasteiger partial charge in [0.2, 0.25) is 0 Å². The van der Waals surface area contributed by atoms with Crippen molar-refractivity contribution in [3.05, 3.63) is 188 Å². The van der Waals surface area contributed by atoms with Crippen LogP contribution in [0.4, 0.5) is 17.1 Å². The molecule has 0 bridgehead atoms. The Labute approximate surface area is 279 Å². The fourth-order valence-corrected chi connectivity index (χ4v) is 6.43. The monoisotopic (exact) mass is 605 g/mol. The second kappa shape index (κ2) is 13.0. The highest BCUT2D eigenvalue weighted by atomic mass is 15.1. The minimum atomic E-state index is 0.0485. The molecular formula is C46H39N. The Bertz CT molecular complexity index is 2070. The lowest BCUT2D eigenvalue weighted by molar-refractivity contribution is 0.592. The van der Waals surface area contributed by atoms with Crippen LogP contribution in [0, 0.1) is 0 Å². The average molecular weight is 606 g/mol. The summed E-state index contributed by atoms with van der Waals surface area (Å²) in [6.07, 6.45) is 0. The van der Waals surface area contributed by atoms with Crippen LogP contribution in [0.25, 0.3) is 44.5 Å². The highest BCUT2D eigenvalue weighted by Gasteiger charge is 2.21. The van der Waals surface area contributed by atoms with E-state index < -0.39 is 0 Å². The van der Waals surface area contributed by atoms with Gasteiger partial charge in [-0.05, 0) is 86.3 Å². The summed E-state index contributed by atoms with van der Waals surface area (Å²) in [6, 6.07) is 65.6. The van der Waals surface area contributed by atoms with Crippen molar-refractivity contribution in [3.63, 3.8) is 0 Å². The Morgan fingerprint density at radius 3 is 1.30 bits per heavy atom. The number of rotatable bonds is 7. The van der Waals surface area contributed by atoms with E-state index in [-0.39, 0.29) is 5.41 Å². The zero-order valence-electron chi connectivity index (χ0n) is 27.3. The van der Waals surface area contributed by atoms with Crippen molar-refractivity contribution in [2.75, 3.05) is 4.90 Å². The highest BCUT2D eigenvalue weighted by molar-refractivity contribution is 5.91. The summed E-state index contributed by atoms with van der Waals surface area (Å²) in [4.78, 5) is 2.39. The molecule has 0 saturated carbocycles. The van der Waals surface area contributed by atoms with E-state index in [9.17, 15) is 0 Å². The van der Waals surface area contributed by atoms with Crippen molar-refractivity contribution in [1.29, 1.82) is 0 Å². The predicted molar refractivity (Wildman–Crippen MR) is 202 cm³/mol. The Hall–Kier alpha value is -5.66. The van der Waals surface area contributed by atoms with E-state index >= 15 is 0 Å². The maximum Gasteiger partial charge on any atom is 0.0540 e. The number of hydrogen-bond donors (Lipinski definition) is 0. The number of benzene rings is 7. The minimum Gasteiger partial charge on any atom is -0.310 e. The second-order valence-corrected chi connectivity index (χ2v) is 13.1. The Balaban J connectivity index is 1.39. The maximum absolute atomic E-state index is 2.39. The van der Waals surface area contributed by atoms with Gasteiger partial charge < -0.3 is 4.90 Å². The van der Waals surface area contributed by atoms with E-state index in [1.54, 1.807) is 0 Å². The van der Waals surface area contributed by atoms with Crippen LogP contribution in [-0.2, 0) is 5.41 Å². The first-order valence-electron chi connectivity index (χ1n) is 16.4. The summed E-state index contributed by atoms with van der Waals surface area (Å²) in [6.45, 7) is 6.85. The van der Waals surface area contributed by atoms with E-state index in [2.05, 4.69) is 208 Å². The molecule has 0 heterocycles. The zero-order valence-corrected chi connectivity index (χ0v) is 27.3. The molecule has 0 aromatic heterocycles. The van der Waals surface area contributed by atoms with Gasteiger partial charge in [0.15, 0.2) is 0 Å². The van der Waals surface area contributed by atoms with Crippen LogP contribution in [0.1, 0.15) is 26.3 Å². The molecule has 7 aromatic rings. The molecule has 47 heavy (non-hydrogen) atoms.